The molecule has 3 aromatic rings. The van der Waals surface area contributed by atoms with E-state index < -0.39 is 5.91 Å². The van der Waals surface area contributed by atoms with Crippen molar-refractivity contribution >= 4 is 22.7 Å². The van der Waals surface area contributed by atoms with Crippen LogP contribution in [0.25, 0.3) is 16.8 Å². The van der Waals surface area contributed by atoms with Gasteiger partial charge in [-0.05, 0) is 32.0 Å². The highest BCUT2D eigenvalue weighted by molar-refractivity contribution is 5.96. The van der Waals surface area contributed by atoms with Crippen molar-refractivity contribution in [1.29, 1.82) is 0 Å². The first kappa shape index (κ1) is 9.89. The number of aromatic nitrogens is 3. The first-order valence-corrected chi connectivity index (χ1v) is 5.35. The minimum atomic E-state index is -0.424. The van der Waals surface area contributed by atoms with Crippen LogP contribution in [0.5, 0.6) is 0 Å². The predicted molar refractivity (Wildman–Crippen MR) is 65.0 cm³/mol. The predicted octanol–water partition coefficient (Wildman–Crippen LogP) is 1.53. The Morgan fingerprint density at radius 2 is 2.18 bits per heavy atom. The number of rotatable bonds is 1. The number of fused-ring (bicyclic) bond motifs is 3. The van der Waals surface area contributed by atoms with E-state index >= 15 is 0 Å². The van der Waals surface area contributed by atoms with Crippen LogP contribution in [-0.2, 0) is 0 Å². The van der Waals surface area contributed by atoms with Crippen molar-refractivity contribution in [1.82, 2.24) is 14.4 Å². The van der Waals surface area contributed by atoms with Crippen LogP contribution in [0, 0.1) is 13.8 Å². The Hall–Kier alpha value is -2.30. The normalized spacial score (nSPS) is 11.4. The number of nitrogens with zero attached hydrogens (tertiary/aromatic N) is 2. The Kier molecular flexibility index (Phi) is 1.80. The van der Waals surface area contributed by atoms with Gasteiger partial charge in [0, 0.05) is 11.3 Å². The Morgan fingerprint density at radius 1 is 1.41 bits per heavy atom. The molecular formula is C12H12N4O. The summed E-state index contributed by atoms with van der Waals surface area (Å²) < 4.78 is 2.04. The molecule has 0 radical (unpaired) electrons. The Labute approximate surface area is 97.3 Å². The molecule has 17 heavy (non-hydrogen) atoms. The molecule has 0 saturated carbocycles. The molecule has 0 bridgehead atoms. The molecule has 1 amide bonds. The molecule has 0 fully saturated rings. The third-order valence-electron chi connectivity index (χ3n) is 3.11. The molecule has 3 N–H and O–H groups in total. The summed E-state index contributed by atoms with van der Waals surface area (Å²) in [6, 6.07) is 5.36. The Morgan fingerprint density at radius 3 is 2.88 bits per heavy atom. The molecule has 1 aromatic carbocycles. The summed E-state index contributed by atoms with van der Waals surface area (Å²) in [5.41, 5.74) is 9.71. The van der Waals surface area contributed by atoms with Crippen molar-refractivity contribution in [3.8, 4) is 0 Å². The molecule has 2 heterocycles. The van der Waals surface area contributed by atoms with Crippen molar-refractivity contribution in [2.24, 2.45) is 5.73 Å². The van der Waals surface area contributed by atoms with Crippen LogP contribution in [0.2, 0.25) is 0 Å². The molecule has 0 aliphatic carbocycles. The minimum Gasteiger partial charge on any atom is -0.366 e. The third kappa shape index (κ3) is 1.25. The molecule has 5 nitrogen and oxygen atoms in total. The van der Waals surface area contributed by atoms with Gasteiger partial charge in [0.25, 0.3) is 0 Å². The lowest BCUT2D eigenvalue weighted by molar-refractivity contribution is 0.100. The number of carbonyl (C=O) groups excluding carboxylic acids is 1. The maximum Gasteiger partial charge on any atom is 0.248 e. The van der Waals surface area contributed by atoms with Crippen LogP contribution >= 0.6 is 0 Å². The Bertz CT molecular complexity index is 751. The average molecular weight is 228 g/mol. The smallest absolute Gasteiger partial charge is 0.248 e. The molecular weight excluding hydrogens is 216 g/mol. The highest BCUT2D eigenvalue weighted by Gasteiger charge is 2.11. The number of aromatic amines is 1. The lowest BCUT2D eigenvalue weighted by atomic mass is 10.2. The van der Waals surface area contributed by atoms with E-state index in [4.69, 9.17) is 5.73 Å². The molecule has 0 saturated heterocycles. The van der Waals surface area contributed by atoms with Crippen LogP contribution in [0.3, 0.4) is 0 Å². The van der Waals surface area contributed by atoms with E-state index in [-0.39, 0.29) is 0 Å². The SMILES string of the molecule is Cc1nc2[nH]c3cc(C(N)=O)ccc3n2c1C. The number of hydrogen-bond donors (Lipinski definition) is 2. The summed E-state index contributed by atoms with van der Waals surface area (Å²) in [4.78, 5) is 18.7. The summed E-state index contributed by atoms with van der Waals surface area (Å²) in [7, 11) is 0. The summed E-state index contributed by atoms with van der Waals surface area (Å²) in [6.07, 6.45) is 0. The van der Waals surface area contributed by atoms with Gasteiger partial charge in [-0.15, -0.1) is 0 Å². The van der Waals surface area contributed by atoms with E-state index in [1.807, 2.05) is 24.3 Å². The summed E-state index contributed by atoms with van der Waals surface area (Å²) in [6.45, 7) is 3.99. The number of benzene rings is 1. The van der Waals surface area contributed by atoms with Crippen molar-refractivity contribution in [2.45, 2.75) is 13.8 Å². The van der Waals surface area contributed by atoms with Gasteiger partial charge in [-0.1, -0.05) is 0 Å². The zero-order valence-corrected chi connectivity index (χ0v) is 9.61. The number of nitrogens with one attached hydrogen (secondary N) is 1. The number of H-pyrrole nitrogens is 1. The van der Waals surface area contributed by atoms with Gasteiger partial charge in [-0.2, -0.15) is 0 Å². The molecule has 0 unspecified atom stereocenters. The lowest BCUT2D eigenvalue weighted by Gasteiger charge is -1.97. The minimum absolute atomic E-state index is 0.424. The molecule has 0 aliphatic heterocycles. The van der Waals surface area contributed by atoms with Crippen molar-refractivity contribution < 1.29 is 4.79 Å². The number of primary amides is 1. The second-order valence-corrected chi connectivity index (χ2v) is 4.16. The topological polar surface area (TPSA) is 76.2 Å². The quantitative estimate of drug-likeness (QED) is 0.662. The van der Waals surface area contributed by atoms with Crippen molar-refractivity contribution in [3.05, 3.63) is 35.2 Å². The number of carbonyl (C=O) groups is 1. The van der Waals surface area contributed by atoms with Gasteiger partial charge < -0.3 is 10.7 Å². The molecule has 0 spiro atoms. The zero-order chi connectivity index (χ0) is 12.2. The fraction of sp³-hybridized carbons (Fsp3) is 0.167. The average Bonchev–Trinajstić information content (AvgIpc) is 2.76. The second-order valence-electron chi connectivity index (χ2n) is 4.16. The number of nitrogens with two attached hydrogens (primary N) is 1. The van der Waals surface area contributed by atoms with Crippen molar-refractivity contribution in [3.63, 3.8) is 0 Å². The van der Waals surface area contributed by atoms with Gasteiger partial charge in [0.2, 0.25) is 11.7 Å². The van der Waals surface area contributed by atoms with Gasteiger partial charge in [0.05, 0.1) is 16.7 Å². The first-order chi connectivity index (χ1) is 8.08. The van der Waals surface area contributed by atoms with Crippen LogP contribution < -0.4 is 5.73 Å². The van der Waals surface area contributed by atoms with E-state index in [2.05, 4.69) is 9.97 Å². The third-order valence-corrected chi connectivity index (χ3v) is 3.11. The fourth-order valence-corrected chi connectivity index (χ4v) is 2.09. The molecule has 3 rings (SSSR count). The number of hydrogen-bond acceptors (Lipinski definition) is 2. The number of aryl methyl sites for hydroxylation is 2. The second kappa shape index (κ2) is 3.10. The monoisotopic (exact) mass is 228 g/mol. The molecule has 0 aliphatic rings. The summed E-state index contributed by atoms with van der Waals surface area (Å²) >= 11 is 0. The fourth-order valence-electron chi connectivity index (χ4n) is 2.09. The van der Waals surface area contributed by atoms with Crippen LogP contribution in [-0.4, -0.2) is 20.3 Å². The van der Waals surface area contributed by atoms with E-state index in [1.54, 1.807) is 12.1 Å². The van der Waals surface area contributed by atoms with Gasteiger partial charge >= 0.3 is 0 Å². The van der Waals surface area contributed by atoms with Gasteiger partial charge in [0.15, 0.2) is 0 Å². The summed E-state index contributed by atoms with van der Waals surface area (Å²) in [5.74, 6) is 0.365. The van der Waals surface area contributed by atoms with E-state index in [1.165, 1.54) is 0 Å². The van der Waals surface area contributed by atoms with E-state index in [0.29, 0.717) is 5.56 Å². The highest BCUT2D eigenvalue weighted by Crippen LogP contribution is 2.20. The largest absolute Gasteiger partial charge is 0.366 e. The van der Waals surface area contributed by atoms with Gasteiger partial charge in [-0.25, -0.2) is 4.98 Å². The van der Waals surface area contributed by atoms with Crippen LogP contribution in [0.15, 0.2) is 18.2 Å². The van der Waals surface area contributed by atoms with Gasteiger partial charge in [0.1, 0.15) is 0 Å². The van der Waals surface area contributed by atoms with Crippen molar-refractivity contribution in [2.75, 3.05) is 0 Å². The van der Waals surface area contributed by atoms with Gasteiger partial charge in [-0.3, -0.25) is 9.20 Å². The maximum atomic E-state index is 11.1. The molecule has 2 aromatic heterocycles. The molecule has 0 atom stereocenters. The zero-order valence-electron chi connectivity index (χ0n) is 9.61. The molecule has 5 heteroatoms. The lowest BCUT2D eigenvalue weighted by Crippen LogP contribution is -2.10. The first-order valence-electron chi connectivity index (χ1n) is 5.35. The van der Waals surface area contributed by atoms with E-state index in [0.717, 1.165) is 28.2 Å². The standard InChI is InChI=1S/C12H12N4O/c1-6-7(2)16-10-4-3-8(11(13)17)5-9(10)15-12(16)14-6/h3-5H,1-2H3,(H2,13,17)(H,14,15). The van der Waals surface area contributed by atoms with Crippen LogP contribution in [0.4, 0.5) is 0 Å². The number of amides is 1. The summed E-state index contributed by atoms with van der Waals surface area (Å²) in [5, 5.41) is 0. The highest BCUT2D eigenvalue weighted by atomic mass is 16.1. The van der Waals surface area contributed by atoms with E-state index in [9.17, 15) is 4.79 Å². The molecule has 86 valence electrons. The Balaban J connectivity index is 2.41. The maximum absolute atomic E-state index is 11.1. The van der Waals surface area contributed by atoms with Crippen LogP contribution in [0.1, 0.15) is 21.7 Å². The number of imidazole rings is 2.